The molecule has 6 heteroatoms. The van der Waals surface area contributed by atoms with Crippen molar-refractivity contribution in [1.29, 1.82) is 0 Å². The second kappa shape index (κ2) is 12.9. The van der Waals surface area contributed by atoms with Gasteiger partial charge in [0, 0.05) is 38.8 Å². The molecule has 2 fully saturated rings. The van der Waals surface area contributed by atoms with Crippen molar-refractivity contribution in [2.45, 2.75) is 63.8 Å². The predicted molar refractivity (Wildman–Crippen MR) is 128 cm³/mol. The number of carbonyl (C=O) groups is 1. The number of nitrogens with zero attached hydrogens (tertiary/aromatic N) is 2. The Balaban J connectivity index is 1.35. The van der Waals surface area contributed by atoms with Crippen molar-refractivity contribution >= 4 is 23.2 Å². The Bertz CT molecular complexity index is 646. The minimum Gasteiger partial charge on any atom is -0.360 e. The lowest BCUT2D eigenvalue weighted by Gasteiger charge is -2.29. The molecule has 1 aliphatic heterocycles. The van der Waals surface area contributed by atoms with E-state index in [1.807, 2.05) is 18.2 Å². The Morgan fingerprint density at radius 1 is 0.933 bits per heavy atom. The monoisotopic (exact) mass is 430 g/mol. The molecule has 1 aromatic rings. The van der Waals surface area contributed by atoms with E-state index < -0.39 is 0 Å². The Morgan fingerprint density at radius 3 is 2.43 bits per heavy atom. The van der Waals surface area contributed by atoms with E-state index in [0.29, 0.717) is 19.1 Å². The lowest BCUT2D eigenvalue weighted by Crippen LogP contribution is -2.46. The van der Waals surface area contributed by atoms with Crippen LogP contribution in [0.3, 0.4) is 0 Å². The van der Waals surface area contributed by atoms with Gasteiger partial charge in [0.25, 0.3) is 0 Å². The molecule has 0 aromatic heterocycles. The third-order valence-electron chi connectivity index (χ3n) is 6.25. The van der Waals surface area contributed by atoms with Crippen LogP contribution in [0.15, 0.2) is 30.3 Å². The summed E-state index contributed by atoms with van der Waals surface area (Å²) in [6, 6.07) is 10.8. The molecule has 1 amide bonds. The Labute approximate surface area is 187 Å². The van der Waals surface area contributed by atoms with Crippen molar-refractivity contribution in [3.63, 3.8) is 0 Å². The molecule has 1 aromatic carbocycles. The second-order valence-corrected chi connectivity index (χ2v) is 9.08. The molecule has 0 spiro atoms. The van der Waals surface area contributed by atoms with Crippen LogP contribution < -0.4 is 10.6 Å². The van der Waals surface area contributed by atoms with Gasteiger partial charge in [-0.2, -0.15) is 0 Å². The fourth-order valence-corrected chi connectivity index (χ4v) is 4.80. The summed E-state index contributed by atoms with van der Waals surface area (Å²) in [6.07, 6.45) is 11.1. The summed E-state index contributed by atoms with van der Waals surface area (Å²) in [6.45, 7) is 4.89. The highest BCUT2D eigenvalue weighted by atomic mass is 32.1. The number of carbonyl (C=O) groups excluding carboxylic acids is 1. The van der Waals surface area contributed by atoms with Crippen LogP contribution in [0.4, 0.5) is 0 Å². The third-order valence-corrected chi connectivity index (χ3v) is 6.63. The quantitative estimate of drug-likeness (QED) is 0.678. The van der Waals surface area contributed by atoms with Crippen molar-refractivity contribution in [1.82, 2.24) is 20.4 Å². The summed E-state index contributed by atoms with van der Waals surface area (Å²) in [7, 11) is 0. The van der Waals surface area contributed by atoms with Crippen molar-refractivity contribution in [3.8, 4) is 0 Å². The van der Waals surface area contributed by atoms with E-state index in [9.17, 15) is 4.79 Å². The molecule has 1 aliphatic carbocycles. The molecular weight excluding hydrogens is 392 g/mol. The van der Waals surface area contributed by atoms with Gasteiger partial charge in [-0.05, 0) is 43.5 Å². The largest absolute Gasteiger partial charge is 0.360 e. The molecule has 0 atom stereocenters. The summed E-state index contributed by atoms with van der Waals surface area (Å²) in [5.74, 6) is 0.120. The minimum atomic E-state index is 0.120. The van der Waals surface area contributed by atoms with Crippen LogP contribution in [0.1, 0.15) is 56.9 Å². The van der Waals surface area contributed by atoms with Crippen LogP contribution in [-0.4, -0.2) is 66.1 Å². The van der Waals surface area contributed by atoms with E-state index in [2.05, 4.69) is 32.6 Å². The zero-order chi connectivity index (χ0) is 21.0. The number of amides is 1. The normalized spacial score (nSPS) is 19.4. The Hall–Kier alpha value is -1.66. The molecule has 2 aliphatic rings. The van der Waals surface area contributed by atoms with Gasteiger partial charge in [0.1, 0.15) is 0 Å². The van der Waals surface area contributed by atoms with Gasteiger partial charge in [-0.15, -0.1) is 0 Å². The molecule has 166 valence electrons. The van der Waals surface area contributed by atoms with Crippen LogP contribution in [0, 0.1) is 0 Å². The highest BCUT2D eigenvalue weighted by Gasteiger charge is 2.20. The molecule has 30 heavy (non-hydrogen) atoms. The number of hydrogen-bond donors (Lipinski definition) is 2. The highest BCUT2D eigenvalue weighted by molar-refractivity contribution is 7.80. The fraction of sp³-hybridized carbons (Fsp3) is 0.667. The van der Waals surface area contributed by atoms with Gasteiger partial charge in [0.05, 0.1) is 6.54 Å². The molecule has 1 saturated carbocycles. The first kappa shape index (κ1) is 23.0. The Morgan fingerprint density at radius 2 is 1.67 bits per heavy atom. The van der Waals surface area contributed by atoms with Gasteiger partial charge >= 0.3 is 0 Å². The van der Waals surface area contributed by atoms with Gasteiger partial charge in [-0.1, -0.05) is 62.4 Å². The van der Waals surface area contributed by atoms with E-state index in [1.165, 1.54) is 50.5 Å². The lowest BCUT2D eigenvalue weighted by molar-refractivity contribution is -0.122. The molecule has 0 bridgehead atoms. The smallest absolute Gasteiger partial charge is 0.234 e. The topological polar surface area (TPSA) is 47.6 Å². The predicted octanol–water partition coefficient (Wildman–Crippen LogP) is 3.34. The average Bonchev–Trinajstić information content (AvgIpc) is 2.96. The summed E-state index contributed by atoms with van der Waals surface area (Å²) in [5.41, 5.74) is 1.26. The molecule has 2 N–H and O–H groups in total. The van der Waals surface area contributed by atoms with E-state index in [0.717, 1.165) is 44.1 Å². The summed E-state index contributed by atoms with van der Waals surface area (Å²) in [5, 5.41) is 7.62. The Kier molecular flexibility index (Phi) is 9.90. The van der Waals surface area contributed by atoms with E-state index in [4.69, 9.17) is 12.2 Å². The van der Waals surface area contributed by atoms with Crippen LogP contribution >= 0.6 is 12.2 Å². The van der Waals surface area contributed by atoms with Crippen molar-refractivity contribution < 1.29 is 4.79 Å². The van der Waals surface area contributed by atoms with Gasteiger partial charge in [-0.25, -0.2) is 0 Å². The first-order valence-electron chi connectivity index (χ1n) is 11.8. The number of thiocarbonyl (C=S) groups is 1. The number of rotatable bonds is 6. The van der Waals surface area contributed by atoms with Crippen molar-refractivity contribution in [2.24, 2.45) is 0 Å². The van der Waals surface area contributed by atoms with E-state index >= 15 is 0 Å². The highest BCUT2D eigenvalue weighted by Crippen LogP contribution is 2.17. The maximum absolute atomic E-state index is 12.3. The molecule has 5 nitrogen and oxygen atoms in total. The molecule has 0 radical (unpaired) electrons. The van der Waals surface area contributed by atoms with Gasteiger partial charge in [-0.3, -0.25) is 9.69 Å². The first-order chi connectivity index (χ1) is 14.7. The molecule has 1 heterocycles. The van der Waals surface area contributed by atoms with Gasteiger partial charge < -0.3 is 15.5 Å². The molecule has 3 rings (SSSR count). The number of hydrogen-bond acceptors (Lipinski definition) is 3. The second-order valence-electron chi connectivity index (χ2n) is 8.69. The van der Waals surface area contributed by atoms with Crippen LogP contribution in [0.5, 0.6) is 0 Å². The number of benzene rings is 1. The van der Waals surface area contributed by atoms with Crippen molar-refractivity contribution in [3.05, 3.63) is 35.9 Å². The van der Waals surface area contributed by atoms with Crippen LogP contribution in [-0.2, 0) is 11.2 Å². The average molecular weight is 431 g/mol. The van der Waals surface area contributed by atoms with Crippen LogP contribution in [0.2, 0.25) is 0 Å². The zero-order valence-corrected chi connectivity index (χ0v) is 19.1. The maximum Gasteiger partial charge on any atom is 0.234 e. The zero-order valence-electron chi connectivity index (χ0n) is 18.3. The first-order valence-corrected chi connectivity index (χ1v) is 12.2. The summed E-state index contributed by atoms with van der Waals surface area (Å²) >= 11 is 5.74. The molecular formula is C24H38N4OS. The molecule has 1 saturated heterocycles. The fourth-order valence-electron chi connectivity index (χ4n) is 4.45. The SMILES string of the molecule is O=C(CN1CCCN(C(=S)NC2CCCCCCC2)CC1)NCCc1ccccc1. The maximum atomic E-state index is 12.3. The number of nitrogens with one attached hydrogen (secondary N) is 2. The minimum absolute atomic E-state index is 0.120. The molecule has 0 unspecified atom stereocenters. The van der Waals surface area contributed by atoms with E-state index in [1.54, 1.807) is 0 Å². The van der Waals surface area contributed by atoms with E-state index in [-0.39, 0.29) is 5.91 Å². The third kappa shape index (κ3) is 8.23. The van der Waals surface area contributed by atoms with Crippen LogP contribution in [0.25, 0.3) is 0 Å². The standard InChI is InChI=1S/C24H38N4OS/c29-23(25-15-14-21-10-5-4-6-11-21)20-27-16-9-17-28(19-18-27)24(30)26-22-12-7-2-1-3-8-13-22/h4-6,10-11,22H,1-3,7-9,12-20H2,(H,25,29)(H,26,30). The van der Waals surface area contributed by atoms with Gasteiger partial charge in [0.15, 0.2) is 5.11 Å². The lowest BCUT2D eigenvalue weighted by atomic mass is 9.97. The van der Waals surface area contributed by atoms with Crippen molar-refractivity contribution in [2.75, 3.05) is 39.3 Å². The summed E-state index contributed by atoms with van der Waals surface area (Å²) in [4.78, 5) is 16.9. The summed E-state index contributed by atoms with van der Waals surface area (Å²) < 4.78 is 0. The van der Waals surface area contributed by atoms with Gasteiger partial charge in [0.2, 0.25) is 5.91 Å².